The third kappa shape index (κ3) is 3.73. The number of rotatable bonds is 3. The monoisotopic (exact) mass is 385 g/mol. The Morgan fingerprint density at radius 3 is 2.24 bits per heavy atom. The molecule has 0 aliphatic rings. The number of amides is 2. The Kier molecular flexibility index (Phi) is 4.83. The zero-order valence-corrected chi connectivity index (χ0v) is 16.0. The van der Waals surface area contributed by atoms with E-state index in [0.29, 0.717) is 33.5 Å². The SMILES string of the molecule is Cc1ccc(-c2cc(C(=O)NNC(=O)c3ccoc3C)c3ccccc3n2)cc1. The van der Waals surface area contributed by atoms with Gasteiger partial charge >= 0.3 is 0 Å². The van der Waals surface area contributed by atoms with Gasteiger partial charge < -0.3 is 4.42 Å². The summed E-state index contributed by atoms with van der Waals surface area (Å²) in [5, 5.41) is 0.703. The second-order valence-electron chi connectivity index (χ2n) is 6.74. The fourth-order valence-electron chi connectivity index (χ4n) is 3.10. The number of aromatic nitrogens is 1. The van der Waals surface area contributed by atoms with Gasteiger partial charge in [-0.2, -0.15) is 0 Å². The summed E-state index contributed by atoms with van der Waals surface area (Å²) in [4.78, 5) is 29.8. The Balaban J connectivity index is 1.66. The molecule has 144 valence electrons. The van der Waals surface area contributed by atoms with Gasteiger partial charge in [0.25, 0.3) is 11.8 Å². The van der Waals surface area contributed by atoms with Gasteiger partial charge in [0.15, 0.2) is 0 Å². The van der Waals surface area contributed by atoms with Crippen LogP contribution in [0.4, 0.5) is 0 Å². The van der Waals surface area contributed by atoms with Gasteiger partial charge in [-0.25, -0.2) is 4.98 Å². The van der Waals surface area contributed by atoms with Crippen LogP contribution >= 0.6 is 0 Å². The zero-order valence-electron chi connectivity index (χ0n) is 16.0. The van der Waals surface area contributed by atoms with Crippen LogP contribution in [0.2, 0.25) is 0 Å². The first kappa shape index (κ1) is 18.4. The van der Waals surface area contributed by atoms with Crippen molar-refractivity contribution < 1.29 is 14.0 Å². The Morgan fingerprint density at radius 1 is 0.862 bits per heavy atom. The average molecular weight is 385 g/mol. The largest absolute Gasteiger partial charge is 0.469 e. The van der Waals surface area contributed by atoms with Gasteiger partial charge in [-0.3, -0.25) is 20.4 Å². The summed E-state index contributed by atoms with van der Waals surface area (Å²) < 4.78 is 5.13. The standard InChI is InChI=1S/C23H19N3O3/c1-14-7-9-16(10-8-14)21-13-19(18-5-3-4-6-20(18)24-21)23(28)26-25-22(27)17-11-12-29-15(17)2/h3-13H,1-2H3,(H,25,27)(H,26,28). The van der Waals surface area contributed by atoms with Crippen molar-refractivity contribution in [3.63, 3.8) is 0 Å². The Hall–Kier alpha value is -3.93. The number of nitrogens with one attached hydrogen (secondary N) is 2. The Labute approximate surface area is 167 Å². The minimum atomic E-state index is -0.443. The van der Waals surface area contributed by atoms with E-state index >= 15 is 0 Å². The molecule has 4 rings (SSSR count). The molecule has 0 atom stereocenters. The number of hydrogen-bond acceptors (Lipinski definition) is 4. The summed E-state index contributed by atoms with van der Waals surface area (Å²) in [6, 6.07) is 18.6. The molecule has 0 unspecified atom stereocenters. The van der Waals surface area contributed by atoms with Crippen LogP contribution < -0.4 is 10.9 Å². The molecule has 0 bridgehead atoms. The quantitative estimate of drug-likeness (QED) is 0.518. The van der Waals surface area contributed by atoms with Crippen molar-refractivity contribution in [2.75, 3.05) is 0 Å². The van der Waals surface area contributed by atoms with E-state index < -0.39 is 11.8 Å². The Morgan fingerprint density at radius 2 is 1.55 bits per heavy atom. The van der Waals surface area contributed by atoms with Crippen LogP contribution in [0.25, 0.3) is 22.2 Å². The second kappa shape index (κ2) is 7.59. The fraction of sp³-hybridized carbons (Fsp3) is 0.0870. The molecule has 0 aliphatic heterocycles. The first-order chi connectivity index (χ1) is 14.0. The molecule has 4 aromatic rings. The average Bonchev–Trinajstić information content (AvgIpc) is 3.17. The predicted octanol–water partition coefficient (Wildman–Crippen LogP) is 4.19. The number of para-hydroxylation sites is 1. The normalized spacial score (nSPS) is 10.7. The number of pyridine rings is 1. The van der Waals surface area contributed by atoms with Crippen LogP contribution in [0.1, 0.15) is 32.0 Å². The number of nitrogens with zero attached hydrogens (tertiary/aromatic N) is 1. The van der Waals surface area contributed by atoms with E-state index in [4.69, 9.17) is 4.42 Å². The van der Waals surface area contributed by atoms with Gasteiger partial charge in [0.05, 0.1) is 28.6 Å². The highest BCUT2D eigenvalue weighted by Gasteiger charge is 2.16. The third-order valence-electron chi connectivity index (χ3n) is 4.70. The maximum atomic E-state index is 12.9. The number of carbonyl (C=O) groups is 2. The number of aryl methyl sites for hydroxylation is 2. The number of hydrazine groups is 1. The molecule has 0 aliphatic carbocycles. The van der Waals surface area contributed by atoms with Crippen molar-refractivity contribution in [3.05, 3.63) is 89.4 Å². The van der Waals surface area contributed by atoms with Crippen molar-refractivity contribution in [1.29, 1.82) is 0 Å². The van der Waals surface area contributed by atoms with Crippen molar-refractivity contribution >= 4 is 22.7 Å². The molecule has 0 fully saturated rings. The highest BCUT2D eigenvalue weighted by atomic mass is 16.3. The van der Waals surface area contributed by atoms with Crippen LogP contribution in [-0.4, -0.2) is 16.8 Å². The van der Waals surface area contributed by atoms with E-state index in [0.717, 1.165) is 11.1 Å². The lowest BCUT2D eigenvalue weighted by Crippen LogP contribution is -2.41. The van der Waals surface area contributed by atoms with Crippen LogP contribution in [0, 0.1) is 13.8 Å². The van der Waals surface area contributed by atoms with E-state index in [9.17, 15) is 9.59 Å². The third-order valence-corrected chi connectivity index (χ3v) is 4.70. The van der Waals surface area contributed by atoms with Crippen LogP contribution in [0.5, 0.6) is 0 Å². The first-order valence-corrected chi connectivity index (χ1v) is 9.14. The second-order valence-corrected chi connectivity index (χ2v) is 6.74. The summed E-state index contributed by atoms with van der Waals surface area (Å²) >= 11 is 0. The maximum absolute atomic E-state index is 12.9. The van der Waals surface area contributed by atoms with Crippen molar-refractivity contribution in [2.45, 2.75) is 13.8 Å². The lowest BCUT2D eigenvalue weighted by atomic mass is 10.0. The molecule has 2 aromatic heterocycles. The molecule has 2 amide bonds. The molecule has 2 aromatic carbocycles. The summed E-state index contributed by atoms with van der Waals surface area (Å²) in [6.45, 7) is 3.70. The molecule has 6 heteroatoms. The van der Waals surface area contributed by atoms with E-state index in [2.05, 4.69) is 15.8 Å². The lowest BCUT2D eigenvalue weighted by Gasteiger charge is -2.11. The number of benzene rings is 2. The van der Waals surface area contributed by atoms with Crippen LogP contribution in [-0.2, 0) is 0 Å². The van der Waals surface area contributed by atoms with Gasteiger partial charge in [-0.05, 0) is 32.0 Å². The molecule has 0 radical (unpaired) electrons. The maximum Gasteiger partial charge on any atom is 0.273 e. The smallest absolute Gasteiger partial charge is 0.273 e. The molecule has 0 spiro atoms. The number of hydrogen-bond donors (Lipinski definition) is 2. The van der Waals surface area contributed by atoms with E-state index in [-0.39, 0.29) is 0 Å². The highest BCUT2D eigenvalue weighted by Crippen LogP contribution is 2.25. The molecular weight excluding hydrogens is 366 g/mol. The van der Waals surface area contributed by atoms with Gasteiger partial charge in [0.1, 0.15) is 5.76 Å². The number of carbonyl (C=O) groups excluding carboxylic acids is 2. The highest BCUT2D eigenvalue weighted by molar-refractivity contribution is 6.08. The molecule has 0 saturated heterocycles. The van der Waals surface area contributed by atoms with Crippen molar-refractivity contribution in [2.24, 2.45) is 0 Å². The first-order valence-electron chi connectivity index (χ1n) is 9.14. The zero-order chi connectivity index (χ0) is 20.4. The van der Waals surface area contributed by atoms with E-state index in [1.54, 1.807) is 19.1 Å². The molecule has 2 heterocycles. The summed E-state index contributed by atoms with van der Waals surface area (Å²) in [7, 11) is 0. The predicted molar refractivity (Wildman–Crippen MR) is 110 cm³/mol. The summed E-state index contributed by atoms with van der Waals surface area (Å²) in [5.74, 6) is -0.388. The molecule has 0 saturated carbocycles. The van der Waals surface area contributed by atoms with Gasteiger partial charge in [0.2, 0.25) is 0 Å². The van der Waals surface area contributed by atoms with E-state index in [1.165, 1.54) is 6.26 Å². The Bertz CT molecular complexity index is 1210. The van der Waals surface area contributed by atoms with Crippen LogP contribution in [0.3, 0.4) is 0 Å². The summed E-state index contributed by atoms with van der Waals surface area (Å²) in [5.41, 5.74) is 9.16. The number of furan rings is 1. The van der Waals surface area contributed by atoms with Gasteiger partial charge in [0, 0.05) is 10.9 Å². The van der Waals surface area contributed by atoms with Gasteiger partial charge in [-0.15, -0.1) is 0 Å². The van der Waals surface area contributed by atoms with E-state index in [1.807, 2.05) is 55.5 Å². The molecule has 29 heavy (non-hydrogen) atoms. The summed E-state index contributed by atoms with van der Waals surface area (Å²) in [6.07, 6.45) is 1.43. The van der Waals surface area contributed by atoms with Crippen molar-refractivity contribution in [3.8, 4) is 11.3 Å². The minimum Gasteiger partial charge on any atom is -0.469 e. The molecule has 2 N–H and O–H groups in total. The molecular formula is C23H19N3O3. The molecule has 6 nitrogen and oxygen atoms in total. The van der Waals surface area contributed by atoms with Gasteiger partial charge in [-0.1, -0.05) is 48.0 Å². The minimum absolute atomic E-state index is 0.366. The number of fused-ring (bicyclic) bond motifs is 1. The lowest BCUT2D eigenvalue weighted by molar-refractivity contribution is 0.0846. The van der Waals surface area contributed by atoms with Crippen molar-refractivity contribution in [1.82, 2.24) is 15.8 Å². The van der Waals surface area contributed by atoms with Crippen LogP contribution in [0.15, 0.2) is 71.3 Å². The fourth-order valence-corrected chi connectivity index (χ4v) is 3.10. The topological polar surface area (TPSA) is 84.2 Å².